The average molecular weight is 280 g/mol. The summed E-state index contributed by atoms with van der Waals surface area (Å²) in [6, 6.07) is 14.6. The Labute approximate surface area is 120 Å². The molecular formula is C16H12N2O3. The molecule has 0 radical (unpaired) electrons. The van der Waals surface area contributed by atoms with Gasteiger partial charge >= 0.3 is 5.97 Å². The number of ether oxygens (including phenoxy) is 1. The summed E-state index contributed by atoms with van der Waals surface area (Å²) >= 11 is 0. The highest BCUT2D eigenvalue weighted by Crippen LogP contribution is 2.26. The lowest BCUT2D eigenvalue weighted by atomic mass is 10.1. The second kappa shape index (κ2) is 5.58. The molecule has 0 aliphatic heterocycles. The van der Waals surface area contributed by atoms with E-state index in [-0.39, 0.29) is 6.42 Å². The van der Waals surface area contributed by atoms with Crippen molar-refractivity contribution < 1.29 is 14.6 Å². The van der Waals surface area contributed by atoms with Crippen molar-refractivity contribution in [1.82, 2.24) is 10.2 Å². The Morgan fingerprint density at radius 2 is 1.86 bits per heavy atom. The van der Waals surface area contributed by atoms with Crippen LogP contribution in [0, 0.1) is 0 Å². The van der Waals surface area contributed by atoms with E-state index >= 15 is 0 Å². The first-order valence-electron chi connectivity index (χ1n) is 6.41. The van der Waals surface area contributed by atoms with E-state index in [0.29, 0.717) is 11.6 Å². The van der Waals surface area contributed by atoms with Gasteiger partial charge in [-0.1, -0.05) is 30.3 Å². The summed E-state index contributed by atoms with van der Waals surface area (Å²) in [4.78, 5) is 10.6. The Morgan fingerprint density at radius 1 is 1.10 bits per heavy atom. The lowest BCUT2D eigenvalue weighted by molar-refractivity contribution is -0.136. The SMILES string of the molecule is O=C(O)Cc1ccc(Oc2nncc3ccccc23)cc1. The minimum Gasteiger partial charge on any atom is -0.481 e. The number of aromatic nitrogens is 2. The molecular weight excluding hydrogens is 268 g/mol. The van der Waals surface area contributed by atoms with Crippen LogP contribution in [0.4, 0.5) is 0 Å². The Hall–Kier alpha value is -2.95. The van der Waals surface area contributed by atoms with E-state index < -0.39 is 5.97 Å². The zero-order valence-electron chi connectivity index (χ0n) is 11.1. The van der Waals surface area contributed by atoms with Gasteiger partial charge in [0, 0.05) is 10.8 Å². The molecule has 104 valence electrons. The molecule has 0 spiro atoms. The van der Waals surface area contributed by atoms with Crippen LogP contribution in [0.15, 0.2) is 54.7 Å². The minimum atomic E-state index is -0.858. The first kappa shape index (κ1) is 13.1. The molecule has 0 bridgehead atoms. The molecule has 5 heteroatoms. The molecule has 3 rings (SSSR count). The molecule has 0 aliphatic carbocycles. The highest BCUT2D eigenvalue weighted by Gasteiger charge is 2.06. The molecule has 21 heavy (non-hydrogen) atoms. The fraction of sp³-hybridized carbons (Fsp3) is 0.0625. The molecule has 3 aromatic rings. The van der Waals surface area contributed by atoms with Crippen LogP contribution < -0.4 is 4.74 Å². The quantitative estimate of drug-likeness (QED) is 0.795. The third kappa shape index (κ3) is 2.97. The third-order valence-corrected chi connectivity index (χ3v) is 3.03. The van der Waals surface area contributed by atoms with Crippen LogP contribution in [0.3, 0.4) is 0 Å². The average Bonchev–Trinajstić information content (AvgIpc) is 2.49. The van der Waals surface area contributed by atoms with E-state index in [2.05, 4.69) is 10.2 Å². The maximum atomic E-state index is 10.6. The van der Waals surface area contributed by atoms with E-state index in [4.69, 9.17) is 9.84 Å². The summed E-state index contributed by atoms with van der Waals surface area (Å²) in [5.74, 6) is 0.164. The van der Waals surface area contributed by atoms with Crippen molar-refractivity contribution in [3.05, 3.63) is 60.3 Å². The fourth-order valence-electron chi connectivity index (χ4n) is 2.04. The van der Waals surface area contributed by atoms with E-state index in [9.17, 15) is 4.79 Å². The predicted molar refractivity (Wildman–Crippen MR) is 77.4 cm³/mol. The van der Waals surface area contributed by atoms with E-state index in [1.807, 2.05) is 24.3 Å². The van der Waals surface area contributed by atoms with Crippen molar-refractivity contribution in [2.75, 3.05) is 0 Å². The molecule has 0 saturated heterocycles. The van der Waals surface area contributed by atoms with Gasteiger partial charge in [0.15, 0.2) is 0 Å². The standard InChI is InChI=1S/C16H12N2O3/c19-15(20)9-11-5-7-13(8-6-11)21-16-14-4-2-1-3-12(14)10-17-18-16/h1-8,10H,9H2,(H,19,20). The molecule has 1 N–H and O–H groups in total. The highest BCUT2D eigenvalue weighted by atomic mass is 16.5. The molecule has 0 aliphatic rings. The predicted octanol–water partition coefficient (Wildman–Crippen LogP) is 3.05. The van der Waals surface area contributed by atoms with Gasteiger partial charge in [0.25, 0.3) is 0 Å². The number of carboxylic acids is 1. The first-order valence-corrected chi connectivity index (χ1v) is 6.41. The lowest BCUT2D eigenvalue weighted by Crippen LogP contribution is -1.99. The zero-order valence-corrected chi connectivity index (χ0v) is 11.1. The van der Waals surface area contributed by atoms with Crippen LogP contribution in [0.1, 0.15) is 5.56 Å². The van der Waals surface area contributed by atoms with Crippen LogP contribution >= 0.6 is 0 Å². The van der Waals surface area contributed by atoms with Gasteiger partial charge in [0.2, 0.25) is 5.88 Å². The Bertz CT molecular complexity index is 780. The smallest absolute Gasteiger partial charge is 0.307 e. The van der Waals surface area contributed by atoms with E-state index in [0.717, 1.165) is 16.3 Å². The van der Waals surface area contributed by atoms with E-state index in [1.54, 1.807) is 30.5 Å². The molecule has 0 atom stereocenters. The third-order valence-electron chi connectivity index (χ3n) is 3.03. The van der Waals surface area contributed by atoms with Crippen molar-refractivity contribution in [3.8, 4) is 11.6 Å². The van der Waals surface area contributed by atoms with Gasteiger partial charge in [-0.2, -0.15) is 5.10 Å². The summed E-state index contributed by atoms with van der Waals surface area (Å²) in [5.41, 5.74) is 0.721. The normalized spacial score (nSPS) is 10.5. The number of hydrogen-bond donors (Lipinski definition) is 1. The molecule has 0 amide bonds. The topological polar surface area (TPSA) is 72.3 Å². The molecule has 1 aromatic heterocycles. The van der Waals surface area contributed by atoms with Crippen LogP contribution in [0.5, 0.6) is 11.6 Å². The van der Waals surface area contributed by atoms with Crippen molar-refractivity contribution in [2.45, 2.75) is 6.42 Å². The number of carbonyl (C=O) groups is 1. The lowest BCUT2D eigenvalue weighted by Gasteiger charge is -2.07. The molecule has 5 nitrogen and oxygen atoms in total. The van der Waals surface area contributed by atoms with Crippen molar-refractivity contribution >= 4 is 16.7 Å². The Balaban J connectivity index is 1.87. The monoisotopic (exact) mass is 280 g/mol. The second-order valence-corrected chi connectivity index (χ2v) is 4.55. The van der Waals surface area contributed by atoms with Gasteiger partial charge < -0.3 is 9.84 Å². The summed E-state index contributed by atoms with van der Waals surface area (Å²) in [6.07, 6.45) is 1.67. The largest absolute Gasteiger partial charge is 0.481 e. The summed E-state index contributed by atoms with van der Waals surface area (Å²) in [6.45, 7) is 0. The van der Waals surface area contributed by atoms with Gasteiger partial charge in [0.05, 0.1) is 12.6 Å². The number of aliphatic carboxylic acids is 1. The molecule has 2 aromatic carbocycles. The molecule has 1 heterocycles. The van der Waals surface area contributed by atoms with Gasteiger partial charge in [-0.05, 0) is 23.8 Å². The first-order chi connectivity index (χ1) is 10.2. The molecule has 0 saturated carbocycles. The fourth-order valence-corrected chi connectivity index (χ4v) is 2.04. The van der Waals surface area contributed by atoms with Crippen LogP contribution in [-0.2, 0) is 11.2 Å². The summed E-state index contributed by atoms with van der Waals surface area (Å²) in [5, 5.41) is 18.5. The van der Waals surface area contributed by atoms with Gasteiger partial charge in [-0.25, -0.2) is 0 Å². The number of carboxylic acid groups (broad SMARTS) is 1. The second-order valence-electron chi connectivity index (χ2n) is 4.55. The van der Waals surface area contributed by atoms with Crippen molar-refractivity contribution in [3.63, 3.8) is 0 Å². The number of rotatable bonds is 4. The number of hydrogen-bond acceptors (Lipinski definition) is 4. The van der Waals surface area contributed by atoms with Gasteiger partial charge in [-0.3, -0.25) is 4.79 Å². The van der Waals surface area contributed by atoms with Crippen molar-refractivity contribution in [2.24, 2.45) is 0 Å². The van der Waals surface area contributed by atoms with Crippen LogP contribution in [0.25, 0.3) is 10.8 Å². The maximum Gasteiger partial charge on any atom is 0.307 e. The number of fused-ring (bicyclic) bond motifs is 1. The van der Waals surface area contributed by atoms with Crippen LogP contribution in [0.2, 0.25) is 0 Å². The number of nitrogens with zero attached hydrogens (tertiary/aromatic N) is 2. The van der Waals surface area contributed by atoms with Crippen molar-refractivity contribution in [1.29, 1.82) is 0 Å². The van der Waals surface area contributed by atoms with Gasteiger partial charge in [-0.15, -0.1) is 5.10 Å². The van der Waals surface area contributed by atoms with E-state index in [1.165, 1.54) is 0 Å². The van der Waals surface area contributed by atoms with Crippen LogP contribution in [-0.4, -0.2) is 21.3 Å². The summed E-state index contributed by atoms with van der Waals surface area (Å²) < 4.78 is 5.73. The zero-order chi connectivity index (χ0) is 14.7. The molecule has 0 fully saturated rings. The Morgan fingerprint density at radius 3 is 2.62 bits per heavy atom. The molecule has 0 unspecified atom stereocenters. The number of benzene rings is 2. The highest BCUT2D eigenvalue weighted by molar-refractivity contribution is 5.85. The van der Waals surface area contributed by atoms with Gasteiger partial charge in [0.1, 0.15) is 5.75 Å². The Kier molecular flexibility index (Phi) is 3.47. The summed E-state index contributed by atoms with van der Waals surface area (Å²) in [7, 11) is 0. The maximum absolute atomic E-state index is 10.6. The minimum absolute atomic E-state index is 0.00560.